The average molecular weight is 291 g/mol. The van der Waals surface area contributed by atoms with Gasteiger partial charge in [-0.25, -0.2) is 8.78 Å². The average Bonchev–Trinajstić information content (AvgIpc) is 2.46. The maximum absolute atomic E-state index is 14.2. The highest BCUT2D eigenvalue weighted by molar-refractivity contribution is 5.95. The molecule has 0 aliphatic carbocycles. The fraction of sp³-hybridized carbons (Fsp3) is 0.133. The zero-order valence-electron chi connectivity index (χ0n) is 11.7. The van der Waals surface area contributed by atoms with Crippen LogP contribution in [0.4, 0.5) is 20.2 Å². The van der Waals surface area contributed by atoms with Crippen LogP contribution in [0.5, 0.6) is 5.75 Å². The number of anilines is 2. The molecular formula is C15H15F2N3O. The van der Waals surface area contributed by atoms with E-state index in [0.717, 1.165) is 12.1 Å². The van der Waals surface area contributed by atoms with E-state index in [9.17, 15) is 8.78 Å². The smallest absolute Gasteiger partial charge is 0.150 e. The molecule has 110 valence electrons. The van der Waals surface area contributed by atoms with Gasteiger partial charge in [0, 0.05) is 12.6 Å². The van der Waals surface area contributed by atoms with Crippen LogP contribution in [0.3, 0.4) is 0 Å². The Balaban J connectivity index is 2.53. The van der Waals surface area contributed by atoms with E-state index in [2.05, 4.69) is 0 Å². The zero-order valence-corrected chi connectivity index (χ0v) is 11.7. The lowest BCUT2D eigenvalue weighted by Crippen LogP contribution is -2.17. The number of amidine groups is 1. The number of nitrogens with one attached hydrogen (secondary N) is 1. The summed E-state index contributed by atoms with van der Waals surface area (Å²) in [7, 11) is 3.02. The van der Waals surface area contributed by atoms with Crippen LogP contribution in [-0.4, -0.2) is 20.0 Å². The van der Waals surface area contributed by atoms with Gasteiger partial charge in [0.25, 0.3) is 0 Å². The minimum Gasteiger partial charge on any atom is -0.495 e. The maximum atomic E-state index is 14.2. The van der Waals surface area contributed by atoms with E-state index < -0.39 is 11.6 Å². The molecule has 0 saturated heterocycles. The molecule has 6 heteroatoms. The minimum atomic E-state index is -0.798. The van der Waals surface area contributed by atoms with Gasteiger partial charge in [-0.1, -0.05) is 12.1 Å². The number of benzene rings is 2. The first-order chi connectivity index (χ1) is 9.95. The normalized spacial score (nSPS) is 10.3. The molecule has 0 spiro atoms. The number of para-hydroxylation sites is 2. The van der Waals surface area contributed by atoms with Crippen molar-refractivity contribution >= 4 is 17.2 Å². The van der Waals surface area contributed by atoms with Gasteiger partial charge in [-0.3, -0.25) is 5.41 Å². The number of hydrogen-bond donors (Lipinski definition) is 2. The molecule has 0 aliphatic rings. The van der Waals surface area contributed by atoms with E-state index in [0.29, 0.717) is 11.4 Å². The second-order valence-corrected chi connectivity index (χ2v) is 4.43. The van der Waals surface area contributed by atoms with E-state index >= 15 is 0 Å². The molecule has 0 amide bonds. The van der Waals surface area contributed by atoms with E-state index in [1.807, 2.05) is 0 Å². The Morgan fingerprint density at radius 3 is 2.29 bits per heavy atom. The number of nitrogen functional groups attached to an aromatic ring is 1. The molecule has 0 bridgehead atoms. The molecule has 4 nitrogen and oxygen atoms in total. The molecule has 0 atom stereocenters. The van der Waals surface area contributed by atoms with Crippen molar-refractivity contribution in [1.29, 1.82) is 5.41 Å². The number of ether oxygens (including phenoxy) is 1. The van der Waals surface area contributed by atoms with Crippen molar-refractivity contribution in [2.75, 3.05) is 19.1 Å². The number of hydrogen-bond acceptors (Lipinski definition) is 3. The van der Waals surface area contributed by atoms with Gasteiger partial charge in [-0.05, 0) is 24.3 Å². The van der Waals surface area contributed by atoms with Gasteiger partial charge in [-0.15, -0.1) is 0 Å². The van der Waals surface area contributed by atoms with E-state index in [-0.39, 0.29) is 17.1 Å². The number of nitrogens with zero attached hydrogens (tertiary/aromatic N) is 1. The highest BCUT2D eigenvalue weighted by Gasteiger charge is 2.19. The van der Waals surface area contributed by atoms with Crippen LogP contribution >= 0.6 is 0 Å². The number of rotatable bonds is 4. The van der Waals surface area contributed by atoms with Crippen molar-refractivity contribution in [2.24, 2.45) is 5.73 Å². The SMILES string of the molecule is COc1ccccc1N(C)c1c(F)cc(C(=N)N)cc1F. The van der Waals surface area contributed by atoms with Gasteiger partial charge >= 0.3 is 0 Å². The van der Waals surface area contributed by atoms with Gasteiger partial charge in [0.2, 0.25) is 0 Å². The van der Waals surface area contributed by atoms with Crippen LogP contribution in [-0.2, 0) is 0 Å². The van der Waals surface area contributed by atoms with E-state index in [1.165, 1.54) is 19.1 Å². The molecule has 3 N–H and O–H groups in total. The molecule has 0 fully saturated rings. The Morgan fingerprint density at radius 1 is 1.19 bits per heavy atom. The van der Waals surface area contributed by atoms with Crippen LogP contribution in [0.1, 0.15) is 5.56 Å². The van der Waals surface area contributed by atoms with Gasteiger partial charge in [0.05, 0.1) is 12.8 Å². The summed E-state index contributed by atoms with van der Waals surface area (Å²) in [4.78, 5) is 1.35. The third kappa shape index (κ3) is 2.79. The van der Waals surface area contributed by atoms with Crippen LogP contribution in [0, 0.1) is 17.0 Å². The predicted octanol–water partition coefficient (Wildman–Crippen LogP) is 3.03. The Hall–Kier alpha value is -2.63. The monoisotopic (exact) mass is 291 g/mol. The lowest BCUT2D eigenvalue weighted by Gasteiger charge is -2.23. The molecule has 0 heterocycles. The number of nitrogens with two attached hydrogens (primary N) is 1. The summed E-state index contributed by atoms with van der Waals surface area (Å²) >= 11 is 0. The second-order valence-electron chi connectivity index (χ2n) is 4.43. The molecule has 2 rings (SSSR count). The molecular weight excluding hydrogens is 276 g/mol. The van der Waals surface area contributed by atoms with Crippen molar-refractivity contribution < 1.29 is 13.5 Å². The van der Waals surface area contributed by atoms with Crippen LogP contribution < -0.4 is 15.4 Å². The Bertz CT molecular complexity index is 665. The summed E-state index contributed by atoms with van der Waals surface area (Å²) < 4.78 is 33.5. The summed E-state index contributed by atoms with van der Waals surface area (Å²) in [5.74, 6) is -1.49. The summed E-state index contributed by atoms with van der Waals surface area (Å²) in [6.45, 7) is 0. The molecule has 21 heavy (non-hydrogen) atoms. The third-order valence-corrected chi connectivity index (χ3v) is 3.11. The molecule has 0 radical (unpaired) electrons. The van der Waals surface area contributed by atoms with Crippen LogP contribution in [0.25, 0.3) is 0 Å². The first kappa shape index (κ1) is 14.8. The standard InChI is InChI=1S/C15H15F2N3O/c1-20(12-5-3-4-6-13(12)21-2)14-10(16)7-9(15(18)19)8-11(14)17/h3-8H,1-2H3,(H3,18,19). The fourth-order valence-corrected chi connectivity index (χ4v) is 2.07. The first-order valence-electron chi connectivity index (χ1n) is 6.16. The van der Waals surface area contributed by atoms with E-state index in [4.69, 9.17) is 15.9 Å². The number of halogens is 2. The predicted molar refractivity (Wildman–Crippen MR) is 78.4 cm³/mol. The van der Waals surface area contributed by atoms with E-state index in [1.54, 1.807) is 24.3 Å². The summed E-state index contributed by atoms with van der Waals surface area (Å²) in [5.41, 5.74) is 5.54. The van der Waals surface area contributed by atoms with Gasteiger partial charge in [-0.2, -0.15) is 0 Å². The fourth-order valence-electron chi connectivity index (χ4n) is 2.07. The first-order valence-corrected chi connectivity index (χ1v) is 6.16. The molecule has 2 aromatic carbocycles. The quantitative estimate of drug-likeness (QED) is 0.672. The Kier molecular flexibility index (Phi) is 4.07. The third-order valence-electron chi connectivity index (χ3n) is 3.11. The Labute approximate surface area is 121 Å². The largest absolute Gasteiger partial charge is 0.495 e. The molecule has 0 saturated carbocycles. The highest BCUT2D eigenvalue weighted by Crippen LogP contribution is 2.35. The maximum Gasteiger partial charge on any atom is 0.150 e. The van der Waals surface area contributed by atoms with Gasteiger partial charge in [0.1, 0.15) is 17.3 Å². The summed E-state index contributed by atoms with van der Waals surface area (Å²) in [6, 6.07) is 8.97. The number of methoxy groups -OCH3 is 1. The van der Waals surface area contributed by atoms with Crippen molar-refractivity contribution in [3.05, 3.63) is 53.6 Å². The van der Waals surface area contributed by atoms with Gasteiger partial charge in [0.15, 0.2) is 11.6 Å². The van der Waals surface area contributed by atoms with Crippen molar-refractivity contribution in [3.8, 4) is 5.75 Å². The van der Waals surface area contributed by atoms with Crippen LogP contribution in [0.2, 0.25) is 0 Å². The molecule has 2 aromatic rings. The van der Waals surface area contributed by atoms with Crippen LogP contribution in [0.15, 0.2) is 36.4 Å². The molecule has 0 unspecified atom stereocenters. The molecule has 0 aliphatic heterocycles. The highest BCUT2D eigenvalue weighted by atomic mass is 19.1. The molecule has 0 aromatic heterocycles. The minimum absolute atomic E-state index is 0.00202. The summed E-state index contributed by atoms with van der Waals surface area (Å²) in [6.07, 6.45) is 0. The lowest BCUT2D eigenvalue weighted by atomic mass is 10.1. The Morgan fingerprint density at radius 2 is 1.76 bits per heavy atom. The van der Waals surface area contributed by atoms with Gasteiger partial charge < -0.3 is 15.4 Å². The van der Waals surface area contributed by atoms with Crippen molar-refractivity contribution in [3.63, 3.8) is 0 Å². The topological polar surface area (TPSA) is 62.3 Å². The lowest BCUT2D eigenvalue weighted by molar-refractivity contribution is 0.415. The second kappa shape index (κ2) is 5.78. The summed E-state index contributed by atoms with van der Waals surface area (Å²) in [5, 5.41) is 7.25. The van der Waals surface area contributed by atoms with Crippen molar-refractivity contribution in [2.45, 2.75) is 0 Å². The van der Waals surface area contributed by atoms with Crippen molar-refractivity contribution in [1.82, 2.24) is 0 Å². The zero-order chi connectivity index (χ0) is 15.6.